The van der Waals surface area contributed by atoms with Crippen LogP contribution in [0.4, 0.5) is 11.4 Å². The Balaban J connectivity index is 1.66. The predicted octanol–water partition coefficient (Wildman–Crippen LogP) is 4.01. The average molecular weight is 513 g/mol. The minimum atomic E-state index is -4.18. The molecular weight excluding hydrogens is 484 g/mol. The van der Waals surface area contributed by atoms with Gasteiger partial charge in [0, 0.05) is 11.8 Å². The number of aryl methyl sites for hydroxylation is 1. The largest absolute Gasteiger partial charge is 0.495 e. The van der Waals surface area contributed by atoms with Crippen molar-refractivity contribution in [1.29, 1.82) is 0 Å². The molecule has 0 spiro atoms. The van der Waals surface area contributed by atoms with E-state index in [0.29, 0.717) is 48.4 Å². The maximum absolute atomic E-state index is 13.9. The van der Waals surface area contributed by atoms with Crippen LogP contribution >= 0.6 is 0 Å². The van der Waals surface area contributed by atoms with Crippen molar-refractivity contribution in [2.24, 2.45) is 0 Å². The summed E-state index contributed by atoms with van der Waals surface area (Å²) in [4.78, 5) is 13.1. The predicted molar refractivity (Wildman–Crippen MR) is 136 cm³/mol. The molecule has 1 aliphatic heterocycles. The lowest BCUT2D eigenvalue weighted by Gasteiger charge is -2.25. The minimum absolute atomic E-state index is 0.0361. The molecular formula is C26H28N2O7S. The SMILES string of the molecule is CCOc1ccc(N(CC(=O)Nc2ccc3c(c2)OCCO3)S(=O)(=O)c2cc(C)ccc2OC)cc1. The van der Waals surface area contributed by atoms with Crippen LogP contribution in [-0.2, 0) is 14.8 Å². The van der Waals surface area contributed by atoms with Gasteiger partial charge in [0.1, 0.15) is 36.2 Å². The number of methoxy groups -OCH3 is 1. The molecule has 0 bridgehead atoms. The molecule has 9 nitrogen and oxygen atoms in total. The maximum Gasteiger partial charge on any atom is 0.268 e. The number of hydrogen-bond acceptors (Lipinski definition) is 7. The molecule has 10 heteroatoms. The summed E-state index contributed by atoms with van der Waals surface area (Å²) < 4.78 is 50.6. The third-order valence-corrected chi connectivity index (χ3v) is 7.23. The van der Waals surface area contributed by atoms with Crippen LogP contribution in [-0.4, -0.2) is 47.8 Å². The summed E-state index contributed by atoms with van der Waals surface area (Å²) in [5.74, 6) is 1.34. The lowest BCUT2D eigenvalue weighted by Crippen LogP contribution is -2.38. The molecule has 190 valence electrons. The smallest absolute Gasteiger partial charge is 0.268 e. The van der Waals surface area contributed by atoms with Crippen molar-refractivity contribution in [3.05, 3.63) is 66.2 Å². The number of carbonyl (C=O) groups is 1. The summed E-state index contributed by atoms with van der Waals surface area (Å²) in [6.07, 6.45) is 0. The molecule has 3 aromatic carbocycles. The van der Waals surface area contributed by atoms with Gasteiger partial charge in [0.2, 0.25) is 5.91 Å². The third-order valence-electron chi connectivity index (χ3n) is 5.44. The number of carbonyl (C=O) groups excluding carboxylic acids is 1. The third kappa shape index (κ3) is 5.49. The van der Waals surface area contributed by atoms with Gasteiger partial charge in [-0.2, -0.15) is 0 Å². The van der Waals surface area contributed by atoms with Crippen LogP contribution in [0.1, 0.15) is 12.5 Å². The Morgan fingerprint density at radius 3 is 2.42 bits per heavy atom. The fraction of sp³-hybridized carbons (Fsp3) is 0.269. The zero-order valence-corrected chi connectivity index (χ0v) is 21.1. The molecule has 0 saturated heterocycles. The van der Waals surface area contributed by atoms with Crippen molar-refractivity contribution in [3.63, 3.8) is 0 Å². The van der Waals surface area contributed by atoms with Gasteiger partial charge in [-0.1, -0.05) is 6.07 Å². The van der Waals surface area contributed by atoms with Crippen molar-refractivity contribution < 1.29 is 32.2 Å². The summed E-state index contributed by atoms with van der Waals surface area (Å²) in [7, 11) is -2.78. The van der Waals surface area contributed by atoms with Crippen LogP contribution < -0.4 is 28.6 Å². The Bertz CT molecular complexity index is 1340. The molecule has 0 radical (unpaired) electrons. The van der Waals surface area contributed by atoms with Crippen LogP contribution in [0.15, 0.2) is 65.6 Å². The molecule has 0 aliphatic carbocycles. The second kappa shape index (κ2) is 10.8. The van der Waals surface area contributed by atoms with Gasteiger partial charge in [0.25, 0.3) is 10.0 Å². The monoisotopic (exact) mass is 512 g/mol. The number of sulfonamides is 1. The van der Waals surface area contributed by atoms with Crippen molar-refractivity contribution in [2.45, 2.75) is 18.7 Å². The number of benzene rings is 3. The summed E-state index contributed by atoms with van der Waals surface area (Å²) in [6.45, 7) is 4.51. The Labute approximate surface area is 210 Å². The fourth-order valence-electron chi connectivity index (χ4n) is 3.75. The molecule has 36 heavy (non-hydrogen) atoms. The van der Waals surface area contributed by atoms with Gasteiger partial charge < -0.3 is 24.3 Å². The molecule has 4 rings (SSSR count). The average Bonchev–Trinajstić information content (AvgIpc) is 2.88. The number of nitrogens with zero attached hydrogens (tertiary/aromatic N) is 1. The number of nitrogens with one attached hydrogen (secondary N) is 1. The Morgan fingerprint density at radius 2 is 1.72 bits per heavy atom. The Hall–Kier alpha value is -3.92. The van der Waals surface area contributed by atoms with E-state index in [1.807, 2.05) is 6.92 Å². The highest BCUT2D eigenvalue weighted by Gasteiger charge is 2.30. The first-order chi connectivity index (χ1) is 17.3. The van der Waals surface area contributed by atoms with Gasteiger partial charge in [0.05, 0.1) is 19.4 Å². The lowest BCUT2D eigenvalue weighted by atomic mass is 10.2. The second-order valence-electron chi connectivity index (χ2n) is 8.00. The first kappa shape index (κ1) is 25.2. The van der Waals surface area contributed by atoms with Gasteiger partial charge >= 0.3 is 0 Å². The van der Waals surface area contributed by atoms with E-state index in [4.69, 9.17) is 18.9 Å². The molecule has 1 amide bonds. The van der Waals surface area contributed by atoms with Crippen LogP contribution in [0.5, 0.6) is 23.0 Å². The highest BCUT2D eigenvalue weighted by atomic mass is 32.2. The molecule has 0 atom stereocenters. The van der Waals surface area contributed by atoms with Crippen LogP contribution in [0.25, 0.3) is 0 Å². The molecule has 1 aliphatic rings. The first-order valence-corrected chi connectivity index (χ1v) is 12.9. The number of ether oxygens (including phenoxy) is 4. The van der Waals surface area contributed by atoms with Crippen molar-refractivity contribution >= 4 is 27.3 Å². The van der Waals surface area contributed by atoms with E-state index in [2.05, 4.69) is 5.32 Å². The Kier molecular flexibility index (Phi) is 7.54. The molecule has 0 unspecified atom stereocenters. The summed E-state index contributed by atoms with van der Waals surface area (Å²) >= 11 is 0. The molecule has 1 N–H and O–H groups in total. The van der Waals surface area contributed by atoms with E-state index >= 15 is 0 Å². The topological polar surface area (TPSA) is 103 Å². The summed E-state index contributed by atoms with van der Waals surface area (Å²) in [5.41, 5.74) is 1.50. The van der Waals surface area contributed by atoms with Gasteiger partial charge in [-0.25, -0.2) is 8.42 Å². The molecule has 3 aromatic rings. The zero-order chi connectivity index (χ0) is 25.7. The lowest BCUT2D eigenvalue weighted by molar-refractivity contribution is -0.114. The molecule has 0 aromatic heterocycles. The van der Waals surface area contributed by atoms with E-state index in [1.165, 1.54) is 13.2 Å². The first-order valence-electron chi connectivity index (χ1n) is 11.4. The molecule has 1 heterocycles. The number of anilines is 2. The van der Waals surface area contributed by atoms with E-state index in [1.54, 1.807) is 61.5 Å². The standard InChI is InChI=1S/C26H28N2O7S/c1-4-33-21-9-7-20(8-10-21)28(36(30,31)25-15-18(2)5-11-23(25)32-3)17-26(29)27-19-6-12-22-24(16-19)35-14-13-34-22/h5-12,15-16H,4,13-14,17H2,1-3H3,(H,27,29). The maximum atomic E-state index is 13.9. The highest BCUT2D eigenvalue weighted by Crippen LogP contribution is 2.34. The number of hydrogen-bond donors (Lipinski definition) is 1. The fourth-order valence-corrected chi connectivity index (χ4v) is 5.41. The van der Waals surface area contributed by atoms with Gasteiger partial charge in [-0.3, -0.25) is 9.10 Å². The zero-order valence-electron chi connectivity index (χ0n) is 20.3. The molecule has 0 fully saturated rings. The van der Waals surface area contributed by atoms with Crippen LogP contribution in [0, 0.1) is 6.92 Å². The number of amides is 1. The van der Waals surface area contributed by atoms with Crippen molar-refractivity contribution in [3.8, 4) is 23.0 Å². The van der Waals surface area contributed by atoms with E-state index in [0.717, 1.165) is 9.87 Å². The molecule has 0 saturated carbocycles. The number of rotatable bonds is 9. The summed E-state index contributed by atoms with van der Waals surface area (Å²) in [6, 6.07) is 16.4. The van der Waals surface area contributed by atoms with Gasteiger partial charge in [0.15, 0.2) is 11.5 Å². The van der Waals surface area contributed by atoms with E-state index < -0.39 is 22.5 Å². The van der Waals surface area contributed by atoms with Crippen molar-refractivity contribution in [2.75, 3.05) is 43.1 Å². The Morgan fingerprint density at radius 1 is 1.00 bits per heavy atom. The minimum Gasteiger partial charge on any atom is -0.495 e. The van der Waals surface area contributed by atoms with Crippen LogP contribution in [0.2, 0.25) is 0 Å². The quantitative estimate of drug-likeness (QED) is 0.462. The van der Waals surface area contributed by atoms with Crippen LogP contribution in [0.3, 0.4) is 0 Å². The van der Waals surface area contributed by atoms with Crippen molar-refractivity contribution in [1.82, 2.24) is 0 Å². The van der Waals surface area contributed by atoms with Gasteiger partial charge in [-0.05, 0) is 67.9 Å². The summed E-state index contributed by atoms with van der Waals surface area (Å²) in [5, 5.41) is 2.75. The second-order valence-corrected chi connectivity index (χ2v) is 9.83. The van der Waals surface area contributed by atoms with E-state index in [-0.39, 0.29) is 10.6 Å². The van der Waals surface area contributed by atoms with Gasteiger partial charge in [-0.15, -0.1) is 0 Å². The number of fused-ring (bicyclic) bond motifs is 1. The van der Waals surface area contributed by atoms with E-state index in [9.17, 15) is 13.2 Å². The highest BCUT2D eigenvalue weighted by molar-refractivity contribution is 7.93. The normalized spacial score (nSPS) is 12.5.